The van der Waals surface area contributed by atoms with E-state index in [9.17, 15) is 0 Å². The van der Waals surface area contributed by atoms with Gasteiger partial charge in [-0.05, 0) is 38.4 Å². The van der Waals surface area contributed by atoms with Crippen molar-refractivity contribution in [2.24, 2.45) is 11.7 Å². The molecule has 0 spiro atoms. The van der Waals surface area contributed by atoms with Crippen LogP contribution in [0.5, 0.6) is 0 Å². The summed E-state index contributed by atoms with van der Waals surface area (Å²) in [6.45, 7) is 3.15. The van der Waals surface area contributed by atoms with Gasteiger partial charge in [0.05, 0.1) is 0 Å². The van der Waals surface area contributed by atoms with Gasteiger partial charge in [0.1, 0.15) is 0 Å². The van der Waals surface area contributed by atoms with Crippen LogP contribution in [0.1, 0.15) is 12.8 Å². The lowest BCUT2D eigenvalue weighted by molar-refractivity contribution is 0.251. The molecule has 1 aliphatic heterocycles. The van der Waals surface area contributed by atoms with Crippen molar-refractivity contribution in [1.29, 1.82) is 0 Å². The second-order valence-corrected chi connectivity index (χ2v) is 3.21. The van der Waals surface area contributed by atoms with E-state index in [-0.39, 0.29) is 0 Å². The lowest BCUT2D eigenvalue weighted by Crippen LogP contribution is -2.38. The molecule has 1 rings (SSSR count). The van der Waals surface area contributed by atoms with Crippen molar-refractivity contribution in [3.8, 4) is 0 Å². The standard InChI is InChI=1S/C7H17BN2O/c1-11-8-10-4-2-7(6-9)3-5-10/h7-8H,2-6,9H2,1H3. The summed E-state index contributed by atoms with van der Waals surface area (Å²) >= 11 is 0. The first-order valence-corrected chi connectivity index (χ1v) is 4.28. The Morgan fingerprint density at radius 3 is 2.64 bits per heavy atom. The van der Waals surface area contributed by atoms with Gasteiger partial charge in [0, 0.05) is 7.11 Å². The van der Waals surface area contributed by atoms with E-state index in [2.05, 4.69) is 4.81 Å². The van der Waals surface area contributed by atoms with Gasteiger partial charge in [-0.25, -0.2) is 0 Å². The van der Waals surface area contributed by atoms with Gasteiger partial charge in [-0.3, -0.25) is 0 Å². The summed E-state index contributed by atoms with van der Waals surface area (Å²) in [5.74, 6) is 0.753. The molecule has 0 aromatic carbocycles. The normalized spacial score (nSPS) is 22.0. The van der Waals surface area contributed by atoms with Crippen LogP contribution in [-0.2, 0) is 4.65 Å². The van der Waals surface area contributed by atoms with Crippen LogP contribution < -0.4 is 5.73 Å². The van der Waals surface area contributed by atoms with Crippen LogP contribution in [-0.4, -0.2) is 39.2 Å². The molecule has 0 atom stereocenters. The molecule has 3 nitrogen and oxygen atoms in total. The van der Waals surface area contributed by atoms with Crippen LogP contribution in [0.3, 0.4) is 0 Å². The van der Waals surface area contributed by atoms with Crippen LogP contribution in [0.15, 0.2) is 0 Å². The topological polar surface area (TPSA) is 38.5 Å². The van der Waals surface area contributed by atoms with E-state index in [1.807, 2.05) is 0 Å². The summed E-state index contributed by atoms with van der Waals surface area (Å²) in [5, 5.41) is 0. The van der Waals surface area contributed by atoms with Crippen molar-refractivity contribution < 1.29 is 4.65 Å². The number of hydrogen-bond acceptors (Lipinski definition) is 3. The molecule has 0 saturated carbocycles. The second kappa shape index (κ2) is 4.75. The Hall–Kier alpha value is -0.0551. The maximum Gasteiger partial charge on any atom is 0.363 e. The monoisotopic (exact) mass is 156 g/mol. The van der Waals surface area contributed by atoms with Gasteiger partial charge >= 0.3 is 7.62 Å². The lowest BCUT2D eigenvalue weighted by atomic mass is 9.94. The summed E-state index contributed by atoms with van der Waals surface area (Å²) in [7, 11) is 2.52. The molecule has 0 radical (unpaired) electrons. The van der Waals surface area contributed by atoms with Crippen molar-refractivity contribution in [1.82, 2.24) is 4.81 Å². The molecule has 4 heteroatoms. The smallest absolute Gasteiger partial charge is 0.363 e. The molecular weight excluding hydrogens is 139 g/mol. The van der Waals surface area contributed by atoms with E-state index in [4.69, 9.17) is 10.4 Å². The Morgan fingerprint density at radius 2 is 2.18 bits per heavy atom. The molecule has 0 amide bonds. The van der Waals surface area contributed by atoms with Crippen LogP contribution in [0.25, 0.3) is 0 Å². The maximum atomic E-state index is 5.57. The minimum Gasteiger partial charge on any atom is -0.427 e. The summed E-state index contributed by atoms with van der Waals surface area (Å²) < 4.78 is 5.04. The molecule has 0 aliphatic carbocycles. The van der Waals surface area contributed by atoms with Crippen LogP contribution in [0, 0.1) is 5.92 Å². The van der Waals surface area contributed by atoms with Crippen molar-refractivity contribution in [2.75, 3.05) is 26.7 Å². The third-order valence-electron chi connectivity index (χ3n) is 2.35. The van der Waals surface area contributed by atoms with Crippen molar-refractivity contribution in [3.05, 3.63) is 0 Å². The molecule has 11 heavy (non-hydrogen) atoms. The molecule has 0 unspecified atom stereocenters. The minimum atomic E-state index is 0.753. The van der Waals surface area contributed by atoms with Gasteiger partial charge in [0.15, 0.2) is 0 Å². The fraction of sp³-hybridized carbons (Fsp3) is 1.00. The Kier molecular flexibility index (Phi) is 3.90. The molecule has 1 aliphatic rings. The molecular formula is C7H17BN2O. The van der Waals surface area contributed by atoms with Crippen LogP contribution in [0.4, 0.5) is 0 Å². The minimum absolute atomic E-state index is 0.753. The predicted octanol–water partition coefficient (Wildman–Crippen LogP) is -0.430. The summed E-state index contributed by atoms with van der Waals surface area (Å²) in [5.41, 5.74) is 5.57. The zero-order valence-electron chi connectivity index (χ0n) is 7.25. The molecule has 0 bridgehead atoms. The van der Waals surface area contributed by atoms with Gasteiger partial charge in [-0.2, -0.15) is 0 Å². The van der Waals surface area contributed by atoms with Gasteiger partial charge < -0.3 is 15.2 Å². The molecule has 64 valence electrons. The lowest BCUT2D eigenvalue weighted by Gasteiger charge is -2.29. The van der Waals surface area contributed by atoms with Gasteiger partial charge in [-0.1, -0.05) is 0 Å². The van der Waals surface area contributed by atoms with E-state index < -0.39 is 0 Å². The first kappa shape index (κ1) is 9.04. The van der Waals surface area contributed by atoms with E-state index in [0.717, 1.165) is 33.2 Å². The summed E-state index contributed by atoms with van der Waals surface area (Å²) in [6.07, 6.45) is 2.47. The molecule has 1 heterocycles. The Morgan fingerprint density at radius 1 is 1.55 bits per heavy atom. The van der Waals surface area contributed by atoms with E-state index in [1.165, 1.54) is 12.8 Å². The number of nitrogens with two attached hydrogens (primary N) is 1. The summed E-state index contributed by atoms with van der Waals surface area (Å²) in [4.78, 5) is 2.33. The Balaban J connectivity index is 2.14. The molecule has 2 N–H and O–H groups in total. The van der Waals surface area contributed by atoms with Crippen molar-refractivity contribution in [3.63, 3.8) is 0 Å². The highest BCUT2D eigenvalue weighted by molar-refractivity contribution is 6.23. The molecule has 0 aromatic rings. The molecule has 1 fully saturated rings. The van der Waals surface area contributed by atoms with Crippen molar-refractivity contribution >= 4 is 7.62 Å². The van der Waals surface area contributed by atoms with Crippen molar-refractivity contribution in [2.45, 2.75) is 12.8 Å². The maximum absolute atomic E-state index is 5.57. The fourth-order valence-electron chi connectivity index (χ4n) is 1.53. The number of piperidine rings is 1. The third-order valence-corrected chi connectivity index (χ3v) is 2.35. The first-order chi connectivity index (χ1) is 5.36. The number of nitrogens with zero attached hydrogens (tertiary/aromatic N) is 1. The largest absolute Gasteiger partial charge is 0.427 e. The third kappa shape index (κ3) is 2.81. The zero-order chi connectivity index (χ0) is 8.10. The number of rotatable bonds is 3. The average Bonchev–Trinajstić information content (AvgIpc) is 2.07. The average molecular weight is 156 g/mol. The fourth-order valence-corrected chi connectivity index (χ4v) is 1.53. The van der Waals surface area contributed by atoms with Crippen LogP contribution >= 0.6 is 0 Å². The first-order valence-electron chi connectivity index (χ1n) is 4.28. The quantitative estimate of drug-likeness (QED) is 0.563. The highest BCUT2D eigenvalue weighted by Gasteiger charge is 2.17. The van der Waals surface area contributed by atoms with Crippen LogP contribution in [0.2, 0.25) is 0 Å². The van der Waals surface area contributed by atoms with Gasteiger partial charge in [-0.15, -0.1) is 0 Å². The second-order valence-electron chi connectivity index (χ2n) is 3.21. The van der Waals surface area contributed by atoms with Gasteiger partial charge in [0.2, 0.25) is 0 Å². The highest BCUT2D eigenvalue weighted by atomic mass is 16.4. The highest BCUT2D eigenvalue weighted by Crippen LogP contribution is 2.14. The Bertz CT molecular complexity index is 105. The molecule has 0 aromatic heterocycles. The SMILES string of the molecule is COBN1CCC(CN)CC1. The Labute approximate surface area is 69.2 Å². The van der Waals surface area contributed by atoms with E-state index >= 15 is 0 Å². The zero-order valence-corrected chi connectivity index (χ0v) is 7.25. The number of hydrogen-bond donors (Lipinski definition) is 1. The van der Waals surface area contributed by atoms with E-state index in [1.54, 1.807) is 7.11 Å². The van der Waals surface area contributed by atoms with E-state index in [0.29, 0.717) is 0 Å². The predicted molar refractivity (Wildman–Crippen MR) is 47.5 cm³/mol. The van der Waals surface area contributed by atoms with Gasteiger partial charge in [0.25, 0.3) is 0 Å². The molecule has 1 saturated heterocycles. The summed E-state index contributed by atoms with van der Waals surface area (Å²) in [6, 6.07) is 0.